The molecule has 1 aliphatic heterocycles. The summed E-state index contributed by atoms with van der Waals surface area (Å²) >= 11 is 0. The Hall–Kier alpha value is -4.67. The number of rotatable bonds is 4. The Labute approximate surface area is 205 Å². The Morgan fingerprint density at radius 3 is 2.43 bits per heavy atom. The van der Waals surface area contributed by atoms with E-state index in [0.717, 1.165) is 13.1 Å². The van der Waals surface area contributed by atoms with Crippen molar-refractivity contribution in [3.8, 4) is 23.1 Å². The molecule has 10 nitrogen and oxygen atoms in total. The van der Waals surface area contributed by atoms with Gasteiger partial charge in [-0.1, -0.05) is 0 Å². The first-order valence-electron chi connectivity index (χ1n) is 10.8. The molecule has 0 atom stereocenters. The largest absolute Gasteiger partial charge is 0.483 e. The lowest BCUT2D eigenvalue weighted by molar-refractivity contribution is -0.147. The molecule has 0 bridgehead atoms. The highest BCUT2D eigenvalue weighted by molar-refractivity contribution is 5.90. The lowest BCUT2D eigenvalue weighted by Crippen LogP contribution is -2.54. The molecule has 14 heteroatoms. The van der Waals surface area contributed by atoms with Gasteiger partial charge in [0, 0.05) is 12.6 Å². The number of aromatic nitrogens is 6. The SMILES string of the molecule is Cc1ncc(OC2CN(c3nc(-c4ccc(C#N)cc4F)c4nc(C(F)(F)F)n(C)c(=O)c4n3)C2)cn1. The van der Waals surface area contributed by atoms with E-state index in [1.807, 2.05) is 0 Å². The Bertz CT molecular complexity index is 1620. The standard InChI is InChI=1S/C23H16F4N8O2/c1-11-29-7-13(8-30-11)37-14-9-35(10-14)22-32-17(15-4-3-12(6-28)5-16(15)24)18-19(33-22)20(36)34(2)21(31-18)23(25,26)27/h3-5,7-8,14H,9-10H2,1-2H3. The molecule has 0 N–H and O–H groups in total. The fraction of sp³-hybridized carbons (Fsp3) is 0.261. The molecule has 0 spiro atoms. The van der Waals surface area contributed by atoms with Gasteiger partial charge in [0.15, 0.2) is 11.3 Å². The second-order valence-electron chi connectivity index (χ2n) is 8.28. The number of alkyl halides is 3. The molecular formula is C23H16F4N8O2. The molecule has 0 amide bonds. The third-order valence-corrected chi connectivity index (χ3v) is 5.71. The zero-order valence-electron chi connectivity index (χ0n) is 19.3. The molecule has 0 unspecified atom stereocenters. The summed E-state index contributed by atoms with van der Waals surface area (Å²) in [6, 6.07) is 5.19. The number of ether oxygens (including phenoxy) is 1. The van der Waals surface area contributed by atoms with Crippen molar-refractivity contribution >= 4 is 17.0 Å². The number of benzene rings is 1. The van der Waals surface area contributed by atoms with E-state index in [0.29, 0.717) is 16.1 Å². The molecule has 1 fully saturated rings. The minimum atomic E-state index is -4.96. The summed E-state index contributed by atoms with van der Waals surface area (Å²) in [5.41, 5.74) is -2.51. The van der Waals surface area contributed by atoms with E-state index in [-0.39, 0.29) is 42.0 Å². The number of hydrogen-bond donors (Lipinski definition) is 0. The van der Waals surface area contributed by atoms with Crippen LogP contribution >= 0.6 is 0 Å². The van der Waals surface area contributed by atoms with Gasteiger partial charge in [0.25, 0.3) is 5.56 Å². The van der Waals surface area contributed by atoms with Gasteiger partial charge in [-0.05, 0) is 25.1 Å². The molecule has 0 aliphatic carbocycles. The second kappa shape index (κ2) is 8.77. The second-order valence-corrected chi connectivity index (χ2v) is 8.28. The Morgan fingerprint density at radius 2 is 1.81 bits per heavy atom. The van der Waals surface area contributed by atoms with Crippen LogP contribution in [0, 0.1) is 24.1 Å². The molecule has 1 saturated heterocycles. The van der Waals surface area contributed by atoms with Crippen LogP contribution in [0.4, 0.5) is 23.5 Å². The van der Waals surface area contributed by atoms with Gasteiger partial charge in [0.2, 0.25) is 11.8 Å². The van der Waals surface area contributed by atoms with Crippen molar-refractivity contribution in [2.24, 2.45) is 7.05 Å². The van der Waals surface area contributed by atoms with Crippen molar-refractivity contribution < 1.29 is 22.3 Å². The topological polar surface area (TPSA) is 123 Å². The first-order valence-corrected chi connectivity index (χ1v) is 10.8. The molecule has 5 rings (SSSR count). The predicted molar refractivity (Wildman–Crippen MR) is 121 cm³/mol. The van der Waals surface area contributed by atoms with Gasteiger partial charge < -0.3 is 9.64 Å². The number of halogens is 4. The maximum Gasteiger partial charge on any atom is 0.449 e. The number of hydrogen-bond acceptors (Lipinski definition) is 9. The Balaban J connectivity index is 1.59. The summed E-state index contributed by atoms with van der Waals surface area (Å²) in [5.74, 6) is -1.36. The van der Waals surface area contributed by atoms with Crippen LogP contribution in [0.5, 0.6) is 5.75 Å². The number of anilines is 1. The number of nitriles is 1. The zero-order valence-corrected chi connectivity index (χ0v) is 19.3. The third-order valence-electron chi connectivity index (χ3n) is 5.71. The molecule has 1 aliphatic rings. The highest BCUT2D eigenvalue weighted by atomic mass is 19.4. The van der Waals surface area contributed by atoms with Crippen LogP contribution in [-0.4, -0.2) is 48.7 Å². The smallest absolute Gasteiger partial charge is 0.449 e. The van der Waals surface area contributed by atoms with E-state index in [4.69, 9.17) is 10.00 Å². The summed E-state index contributed by atoms with van der Waals surface area (Å²) in [5, 5.41) is 9.04. The van der Waals surface area contributed by atoms with Crippen LogP contribution < -0.4 is 15.2 Å². The van der Waals surface area contributed by atoms with Crippen molar-refractivity contribution in [2.75, 3.05) is 18.0 Å². The lowest BCUT2D eigenvalue weighted by Gasteiger charge is -2.38. The molecule has 0 radical (unpaired) electrons. The average Bonchev–Trinajstić information content (AvgIpc) is 2.83. The van der Waals surface area contributed by atoms with E-state index in [2.05, 4.69) is 24.9 Å². The highest BCUT2D eigenvalue weighted by Gasteiger charge is 2.38. The van der Waals surface area contributed by atoms with Gasteiger partial charge in [-0.3, -0.25) is 9.36 Å². The van der Waals surface area contributed by atoms with Crippen LogP contribution in [0.2, 0.25) is 0 Å². The van der Waals surface area contributed by atoms with Gasteiger partial charge in [0.05, 0.1) is 37.1 Å². The Kier molecular flexibility index (Phi) is 5.70. The highest BCUT2D eigenvalue weighted by Crippen LogP contribution is 2.33. The van der Waals surface area contributed by atoms with E-state index in [1.165, 1.54) is 24.5 Å². The molecule has 1 aromatic carbocycles. The first kappa shape index (κ1) is 24.0. The Morgan fingerprint density at radius 1 is 1.11 bits per heavy atom. The van der Waals surface area contributed by atoms with E-state index >= 15 is 0 Å². The summed E-state index contributed by atoms with van der Waals surface area (Å²) in [4.78, 5) is 34.7. The van der Waals surface area contributed by atoms with Gasteiger partial charge in [-0.25, -0.2) is 29.3 Å². The van der Waals surface area contributed by atoms with Crippen molar-refractivity contribution in [2.45, 2.75) is 19.2 Å². The van der Waals surface area contributed by atoms with Crippen molar-refractivity contribution in [1.29, 1.82) is 5.26 Å². The van der Waals surface area contributed by atoms with Gasteiger partial charge >= 0.3 is 6.18 Å². The number of nitrogens with zero attached hydrogens (tertiary/aromatic N) is 8. The number of fused-ring (bicyclic) bond motifs is 1. The molecule has 188 valence electrons. The lowest BCUT2D eigenvalue weighted by atomic mass is 10.1. The van der Waals surface area contributed by atoms with Gasteiger partial charge in [-0.2, -0.15) is 18.4 Å². The zero-order chi connectivity index (χ0) is 26.5. The molecule has 37 heavy (non-hydrogen) atoms. The monoisotopic (exact) mass is 512 g/mol. The number of aryl methyl sites for hydroxylation is 1. The molecule has 3 aromatic heterocycles. The third kappa shape index (κ3) is 4.39. The average molecular weight is 512 g/mol. The molecule has 0 saturated carbocycles. The first-order chi connectivity index (χ1) is 17.5. The van der Waals surface area contributed by atoms with E-state index < -0.39 is 34.4 Å². The maximum atomic E-state index is 14.9. The van der Waals surface area contributed by atoms with Gasteiger partial charge in [0.1, 0.15) is 29.0 Å². The fourth-order valence-electron chi connectivity index (χ4n) is 3.80. The van der Waals surface area contributed by atoms with Crippen molar-refractivity contribution in [1.82, 2.24) is 29.5 Å². The van der Waals surface area contributed by atoms with Gasteiger partial charge in [-0.15, -0.1) is 0 Å². The molecule has 4 aromatic rings. The normalized spacial score (nSPS) is 13.9. The van der Waals surface area contributed by atoms with Crippen LogP contribution in [0.15, 0.2) is 35.4 Å². The van der Waals surface area contributed by atoms with Crippen molar-refractivity contribution in [3.05, 3.63) is 64.0 Å². The minimum Gasteiger partial charge on any atom is -0.483 e. The summed E-state index contributed by atoms with van der Waals surface area (Å²) in [7, 11) is 0.929. The van der Waals surface area contributed by atoms with Crippen LogP contribution in [0.1, 0.15) is 17.2 Å². The quantitative estimate of drug-likeness (QED) is 0.380. The molecule has 4 heterocycles. The predicted octanol–water partition coefficient (Wildman–Crippen LogP) is 2.79. The minimum absolute atomic E-state index is 0.00232. The van der Waals surface area contributed by atoms with E-state index in [9.17, 15) is 22.4 Å². The fourth-order valence-corrected chi connectivity index (χ4v) is 3.80. The summed E-state index contributed by atoms with van der Waals surface area (Å²) in [6.07, 6.45) is -2.20. The van der Waals surface area contributed by atoms with Crippen LogP contribution in [0.3, 0.4) is 0 Å². The van der Waals surface area contributed by atoms with E-state index in [1.54, 1.807) is 17.9 Å². The summed E-state index contributed by atoms with van der Waals surface area (Å²) < 4.78 is 61.8. The van der Waals surface area contributed by atoms with Crippen LogP contribution in [-0.2, 0) is 13.2 Å². The molecular weight excluding hydrogens is 496 g/mol. The van der Waals surface area contributed by atoms with Crippen LogP contribution in [0.25, 0.3) is 22.3 Å². The maximum absolute atomic E-state index is 14.9. The van der Waals surface area contributed by atoms with Crippen molar-refractivity contribution in [3.63, 3.8) is 0 Å². The summed E-state index contributed by atoms with van der Waals surface area (Å²) in [6.45, 7) is 2.29.